The summed E-state index contributed by atoms with van der Waals surface area (Å²) in [5.74, 6) is 0.892. The van der Waals surface area contributed by atoms with E-state index < -0.39 is 0 Å². The van der Waals surface area contributed by atoms with Crippen LogP contribution in [0.3, 0.4) is 0 Å². The van der Waals surface area contributed by atoms with Crippen LogP contribution in [0, 0.1) is 0 Å². The van der Waals surface area contributed by atoms with Crippen molar-refractivity contribution in [3.05, 3.63) is 17.8 Å². The maximum atomic E-state index is 5.66. The van der Waals surface area contributed by atoms with E-state index in [0.29, 0.717) is 6.54 Å². The van der Waals surface area contributed by atoms with Crippen LogP contribution < -0.4 is 10.6 Å². The monoisotopic (exact) mass is 223 g/mol. The summed E-state index contributed by atoms with van der Waals surface area (Å²) in [7, 11) is 6.18. The molecule has 0 spiro atoms. The number of nitrogens with zero attached hydrogens (tertiary/aromatic N) is 4. The van der Waals surface area contributed by atoms with E-state index in [-0.39, 0.29) is 0 Å². The molecule has 5 heteroatoms. The van der Waals surface area contributed by atoms with Gasteiger partial charge in [0.1, 0.15) is 0 Å². The molecule has 0 saturated heterocycles. The normalized spacial score (nSPS) is 10.8. The van der Waals surface area contributed by atoms with E-state index in [2.05, 4.69) is 34.1 Å². The number of hydrogen-bond acceptors (Lipinski definition) is 5. The SMILES string of the molecule is CN(C)CCCN(C)c1nnccc1CN. The Labute approximate surface area is 97.3 Å². The molecular formula is C11H21N5. The Bertz CT molecular complexity index is 313. The molecule has 2 N–H and O–H groups in total. The van der Waals surface area contributed by atoms with Crippen molar-refractivity contribution in [3.63, 3.8) is 0 Å². The molecule has 0 bridgehead atoms. The second kappa shape index (κ2) is 6.40. The molecule has 1 rings (SSSR count). The topological polar surface area (TPSA) is 58.3 Å². The van der Waals surface area contributed by atoms with Crippen molar-refractivity contribution in [3.8, 4) is 0 Å². The Morgan fingerprint density at radius 2 is 2.00 bits per heavy atom. The fraction of sp³-hybridized carbons (Fsp3) is 0.636. The summed E-state index contributed by atoms with van der Waals surface area (Å²) in [5, 5.41) is 8.03. The molecule has 0 atom stereocenters. The van der Waals surface area contributed by atoms with Crippen molar-refractivity contribution in [2.24, 2.45) is 5.73 Å². The molecule has 0 aromatic carbocycles. The lowest BCUT2D eigenvalue weighted by molar-refractivity contribution is 0.401. The van der Waals surface area contributed by atoms with Crippen molar-refractivity contribution < 1.29 is 0 Å². The minimum absolute atomic E-state index is 0.503. The standard InChI is InChI=1S/C11H21N5/c1-15(2)7-4-8-16(3)11-10(9-12)5-6-13-14-11/h5-6H,4,7-9,12H2,1-3H3. The number of anilines is 1. The highest BCUT2D eigenvalue weighted by Gasteiger charge is 2.07. The predicted molar refractivity (Wildman–Crippen MR) is 66.4 cm³/mol. The zero-order valence-corrected chi connectivity index (χ0v) is 10.3. The first-order chi connectivity index (χ1) is 7.65. The van der Waals surface area contributed by atoms with Gasteiger partial charge in [-0.3, -0.25) is 0 Å². The van der Waals surface area contributed by atoms with Gasteiger partial charge < -0.3 is 15.5 Å². The van der Waals surface area contributed by atoms with Gasteiger partial charge in [-0.25, -0.2) is 0 Å². The van der Waals surface area contributed by atoms with Crippen molar-refractivity contribution in [1.82, 2.24) is 15.1 Å². The van der Waals surface area contributed by atoms with E-state index >= 15 is 0 Å². The largest absolute Gasteiger partial charge is 0.358 e. The van der Waals surface area contributed by atoms with Crippen molar-refractivity contribution >= 4 is 5.82 Å². The molecule has 0 radical (unpaired) electrons. The highest BCUT2D eigenvalue weighted by Crippen LogP contribution is 2.13. The quantitative estimate of drug-likeness (QED) is 0.753. The van der Waals surface area contributed by atoms with Crippen LogP contribution in [0.15, 0.2) is 12.3 Å². The maximum absolute atomic E-state index is 5.66. The molecule has 0 aliphatic heterocycles. The fourth-order valence-electron chi connectivity index (χ4n) is 1.56. The predicted octanol–water partition coefficient (Wildman–Crippen LogP) is 0.323. The van der Waals surface area contributed by atoms with Crippen molar-refractivity contribution in [1.29, 1.82) is 0 Å². The van der Waals surface area contributed by atoms with Gasteiger partial charge in [-0.1, -0.05) is 0 Å². The van der Waals surface area contributed by atoms with Crippen LogP contribution in [0.1, 0.15) is 12.0 Å². The second-order valence-corrected chi connectivity index (χ2v) is 4.16. The van der Waals surface area contributed by atoms with E-state index in [0.717, 1.165) is 30.9 Å². The molecule has 0 fully saturated rings. The first-order valence-electron chi connectivity index (χ1n) is 5.51. The first kappa shape index (κ1) is 12.9. The van der Waals surface area contributed by atoms with Crippen LogP contribution in [-0.2, 0) is 6.54 Å². The van der Waals surface area contributed by atoms with Gasteiger partial charge in [-0.15, -0.1) is 5.10 Å². The smallest absolute Gasteiger partial charge is 0.155 e. The summed E-state index contributed by atoms with van der Waals surface area (Å²) in [5.41, 5.74) is 6.71. The van der Waals surface area contributed by atoms with E-state index in [1.54, 1.807) is 6.20 Å². The third kappa shape index (κ3) is 3.75. The Morgan fingerprint density at radius 1 is 1.25 bits per heavy atom. The molecular weight excluding hydrogens is 202 g/mol. The number of nitrogens with two attached hydrogens (primary N) is 1. The lowest BCUT2D eigenvalue weighted by Gasteiger charge is -2.20. The zero-order chi connectivity index (χ0) is 12.0. The molecule has 5 nitrogen and oxygen atoms in total. The van der Waals surface area contributed by atoms with Gasteiger partial charge >= 0.3 is 0 Å². The molecule has 16 heavy (non-hydrogen) atoms. The van der Waals surface area contributed by atoms with E-state index in [1.807, 2.05) is 13.1 Å². The van der Waals surface area contributed by atoms with Crippen LogP contribution in [0.5, 0.6) is 0 Å². The van der Waals surface area contributed by atoms with Crippen LogP contribution in [0.2, 0.25) is 0 Å². The Balaban J connectivity index is 2.55. The molecule has 0 aliphatic carbocycles. The third-order valence-corrected chi connectivity index (χ3v) is 2.46. The Hall–Kier alpha value is -1.20. The molecule has 1 aromatic rings. The highest BCUT2D eigenvalue weighted by atomic mass is 15.2. The van der Waals surface area contributed by atoms with Crippen LogP contribution >= 0.6 is 0 Å². The van der Waals surface area contributed by atoms with Crippen LogP contribution in [-0.4, -0.2) is 49.3 Å². The second-order valence-electron chi connectivity index (χ2n) is 4.16. The average molecular weight is 223 g/mol. The van der Waals surface area contributed by atoms with Crippen molar-refractivity contribution in [2.45, 2.75) is 13.0 Å². The zero-order valence-electron chi connectivity index (χ0n) is 10.3. The lowest BCUT2D eigenvalue weighted by Crippen LogP contribution is -2.25. The van der Waals surface area contributed by atoms with Gasteiger partial charge in [-0.05, 0) is 33.1 Å². The minimum atomic E-state index is 0.503. The molecule has 0 unspecified atom stereocenters. The summed E-state index contributed by atoms with van der Waals surface area (Å²) in [6.45, 7) is 2.54. The number of aromatic nitrogens is 2. The fourth-order valence-corrected chi connectivity index (χ4v) is 1.56. The summed E-state index contributed by atoms with van der Waals surface area (Å²) < 4.78 is 0. The van der Waals surface area contributed by atoms with Gasteiger partial charge in [0.2, 0.25) is 0 Å². The van der Waals surface area contributed by atoms with Crippen LogP contribution in [0.25, 0.3) is 0 Å². The third-order valence-electron chi connectivity index (χ3n) is 2.46. The molecule has 90 valence electrons. The summed E-state index contributed by atoms with van der Waals surface area (Å²) in [6.07, 6.45) is 2.78. The molecule has 1 heterocycles. The minimum Gasteiger partial charge on any atom is -0.358 e. The van der Waals surface area contributed by atoms with E-state index in [1.165, 1.54) is 0 Å². The van der Waals surface area contributed by atoms with Crippen molar-refractivity contribution in [2.75, 3.05) is 39.1 Å². The molecule has 1 aromatic heterocycles. The summed E-state index contributed by atoms with van der Waals surface area (Å²) in [6, 6.07) is 1.92. The lowest BCUT2D eigenvalue weighted by atomic mass is 10.2. The molecule has 0 amide bonds. The van der Waals surface area contributed by atoms with Gasteiger partial charge in [0.15, 0.2) is 5.82 Å². The van der Waals surface area contributed by atoms with Crippen LogP contribution in [0.4, 0.5) is 5.82 Å². The number of rotatable bonds is 6. The summed E-state index contributed by atoms with van der Waals surface area (Å²) in [4.78, 5) is 4.28. The van der Waals surface area contributed by atoms with Gasteiger partial charge in [0.25, 0.3) is 0 Å². The highest BCUT2D eigenvalue weighted by molar-refractivity contribution is 5.44. The number of hydrogen-bond donors (Lipinski definition) is 1. The Kier molecular flexibility index (Phi) is 5.14. The van der Waals surface area contributed by atoms with Gasteiger partial charge in [0, 0.05) is 25.7 Å². The average Bonchev–Trinajstić information content (AvgIpc) is 2.28. The maximum Gasteiger partial charge on any atom is 0.155 e. The first-order valence-corrected chi connectivity index (χ1v) is 5.51. The summed E-state index contributed by atoms with van der Waals surface area (Å²) >= 11 is 0. The Morgan fingerprint density at radius 3 is 2.62 bits per heavy atom. The van der Waals surface area contributed by atoms with Gasteiger partial charge in [-0.2, -0.15) is 5.10 Å². The molecule has 0 aliphatic rings. The molecule has 0 saturated carbocycles. The van der Waals surface area contributed by atoms with E-state index in [9.17, 15) is 0 Å². The van der Waals surface area contributed by atoms with Gasteiger partial charge in [0.05, 0.1) is 6.20 Å². The van der Waals surface area contributed by atoms with E-state index in [4.69, 9.17) is 5.73 Å².